The van der Waals surface area contributed by atoms with Crippen molar-refractivity contribution >= 4 is 22.9 Å². The Morgan fingerprint density at radius 1 is 1.07 bits per heavy atom. The molecule has 0 aliphatic rings. The van der Waals surface area contributed by atoms with Crippen LogP contribution < -0.4 is 5.32 Å². The molecule has 3 rings (SSSR count). The van der Waals surface area contributed by atoms with Crippen LogP contribution in [0.4, 0.5) is 5.69 Å². The molecular weight excluding hydrogens is 354 g/mol. The maximum atomic E-state index is 12.4. The zero-order chi connectivity index (χ0) is 19.1. The minimum atomic E-state index is -0.0418. The first-order valence-electron chi connectivity index (χ1n) is 9.29. The minimum absolute atomic E-state index is 0.0418. The highest BCUT2D eigenvalue weighted by atomic mass is 32.1. The summed E-state index contributed by atoms with van der Waals surface area (Å²) in [7, 11) is 0. The lowest BCUT2D eigenvalue weighted by molar-refractivity contribution is -0.115. The molecule has 27 heavy (non-hydrogen) atoms. The van der Waals surface area contributed by atoms with Crippen molar-refractivity contribution in [3.8, 4) is 10.6 Å². The second-order valence-electron chi connectivity index (χ2n) is 6.40. The Bertz CT molecular complexity index is 872. The van der Waals surface area contributed by atoms with E-state index < -0.39 is 0 Å². The lowest BCUT2D eigenvalue weighted by atomic mass is 10.2. The average Bonchev–Trinajstić information content (AvgIpc) is 3.15. The minimum Gasteiger partial charge on any atom is -0.326 e. The summed E-state index contributed by atoms with van der Waals surface area (Å²) in [6, 6.07) is 18.1. The van der Waals surface area contributed by atoms with Gasteiger partial charge in [-0.15, -0.1) is 11.3 Å². The Labute approximate surface area is 164 Å². The number of hydrogen-bond acceptors (Lipinski definition) is 4. The van der Waals surface area contributed by atoms with Crippen molar-refractivity contribution in [2.75, 3.05) is 18.4 Å². The zero-order valence-corrected chi connectivity index (χ0v) is 16.6. The quantitative estimate of drug-likeness (QED) is 0.609. The predicted molar refractivity (Wildman–Crippen MR) is 113 cm³/mol. The number of benzene rings is 2. The molecule has 1 aromatic heterocycles. The van der Waals surface area contributed by atoms with Crippen LogP contribution in [0.2, 0.25) is 0 Å². The van der Waals surface area contributed by atoms with Gasteiger partial charge in [0, 0.05) is 23.2 Å². The van der Waals surface area contributed by atoms with Gasteiger partial charge in [-0.3, -0.25) is 9.69 Å². The van der Waals surface area contributed by atoms with Gasteiger partial charge in [-0.1, -0.05) is 56.3 Å². The summed E-state index contributed by atoms with van der Waals surface area (Å²) in [6.07, 6.45) is 0.281. The summed E-state index contributed by atoms with van der Waals surface area (Å²) in [6.45, 7) is 7.24. The molecule has 2 aromatic carbocycles. The Kier molecular flexibility index (Phi) is 6.74. The fourth-order valence-electron chi connectivity index (χ4n) is 2.92. The van der Waals surface area contributed by atoms with Gasteiger partial charge in [-0.05, 0) is 30.8 Å². The molecule has 4 nitrogen and oxygen atoms in total. The lowest BCUT2D eigenvalue weighted by Gasteiger charge is -2.18. The molecule has 0 fully saturated rings. The highest BCUT2D eigenvalue weighted by Gasteiger charge is 2.10. The van der Waals surface area contributed by atoms with Gasteiger partial charge in [0.1, 0.15) is 5.01 Å². The van der Waals surface area contributed by atoms with Crippen molar-refractivity contribution in [1.29, 1.82) is 0 Å². The Balaban J connectivity index is 1.60. The number of rotatable bonds is 8. The zero-order valence-electron chi connectivity index (χ0n) is 15.8. The molecule has 0 aliphatic carbocycles. The van der Waals surface area contributed by atoms with Gasteiger partial charge >= 0.3 is 0 Å². The fourth-order valence-corrected chi connectivity index (χ4v) is 3.75. The Morgan fingerprint density at radius 2 is 1.85 bits per heavy atom. The van der Waals surface area contributed by atoms with Crippen LogP contribution >= 0.6 is 11.3 Å². The van der Waals surface area contributed by atoms with Crippen LogP contribution in [0.25, 0.3) is 10.6 Å². The number of carbonyl (C=O) groups excluding carboxylic acids is 1. The maximum absolute atomic E-state index is 12.4. The molecule has 0 unspecified atom stereocenters. The average molecular weight is 380 g/mol. The number of hydrogen-bond donors (Lipinski definition) is 1. The molecule has 0 atom stereocenters. The summed E-state index contributed by atoms with van der Waals surface area (Å²) in [5.41, 5.74) is 3.92. The number of anilines is 1. The van der Waals surface area contributed by atoms with Crippen LogP contribution in [0.3, 0.4) is 0 Å². The van der Waals surface area contributed by atoms with E-state index >= 15 is 0 Å². The van der Waals surface area contributed by atoms with Gasteiger partial charge in [-0.2, -0.15) is 0 Å². The third-order valence-electron chi connectivity index (χ3n) is 4.43. The van der Waals surface area contributed by atoms with Crippen LogP contribution in [0.5, 0.6) is 0 Å². The first-order valence-corrected chi connectivity index (χ1v) is 10.2. The van der Waals surface area contributed by atoms with E-state index in [-0.39, 0.29) is 12.3 Å². The molecule has 0 aliphatic heterocycles. The summed E-state index contributed by atoms with van der Waals surface area (Å²) < 4.78 is 0. The maximum Gasteiger partial charge on any atom is 0.230 e. The van der Waals surface area contributed by atoms with Gasteiger partial charge < -0.3 is 5.32 Å². The van der Waals surface area contributed by atoms with Crippen molar-refractivity contribution in [2.45, 2.75) is 26.8 Å². The molecule has 1 heterocycles. The topological polar surface area (TPSA) is 45.2 Å². The van der Waals surface area contributed by atoms with E-state index in [0.29, 0.717) is 0 Å². The summed E-state index contributed by atoms with van der Waals surface area (Å²) in [4.78, 5) is 19.4. The monoisotopic (exact) mass is 379 g/mol. The number of nitrogens with zero attached hydrogens (tertiary/aromatic N) is 2. The highest BCUT2D eigenvalue weighted by Crippen LogP contribution is 2.23. The fraction of sp³-hybridized carbons (Fsp3) is 0.273. The van der Waals surface area contributed by atoms with Crippen LogP contribution in [0.1, 0.15) is 25.1 Å². The van der Waals surface area contributed by atoms with Gasteiger partial charge in [-0.25, -0.2) is 4.98 Å². The highest BCUT2D eigenvalue weighted by molar-refractivity contribution is 7.13. The van der Waals surface area contributed by atoms with Crippen molar-refractivity contribution in [2.24, 2.45) is 0 Å². The second-order valence-corrected chi connectivity index (χ2v) is 7.25. The van der Waals surface area contributed by atoms with Crippen molar-refractivity contribution in [3.63, 3.8) is 0 Å². The number of nitrogens with one attached hydrogen (secondary N) is 1. The normalized spacial score (nSPS) is 10.9. The number of thiazole rings is 1. The van der Waals surface area contributed by atoms with E-state index in [9.17, 15) is 4.79 Å². The summed E-state index contributed by atoms with van der Waals surface area (Å²) >= 11 is 1.57. The lowest BCUT2D eigenvalue weighted by Crippen LogP contribution is -2.22. The molecule has 140 valence electrons. The predicted octanol–water partition coefficient (Wildman–Crippen LogP) is 4.83. The van der Waals surface area contributed by atoms with Crippen LogP contribution in [-0.2, 0) is 17.8 Å². The van der Waals surface area contributed by atoms with E-state index in [1.54, 1.807) is 11.3 Å². The van der Waals surface area contributed by atoms with Crippen LogP contribution in [-0.4, -0.2) is 28.9 Å². The molecule has 0 saturated carbocycles. The number of carbonyl (C=O) groups is 1. The number of aromatic nitrogens is 1. The first-order chi connectivity index (χ1) is 13.2. The van der Waals surface area contributed by atoms with Crippen molar-refractivity contribution in [3.05, 3.63) is 71.2 Å². The van der Waals surface area contributed by atoms with Crippen molar-refractivity contribution in [1.82, 2.24) is 9.88 Å². The Hall–Kier alpha value is -2.50. The van der Waals surface area contributed by atoms with Crippen LogP contribution in [0, 0.1) is 0 Å². The summed E-state index contributed by atoms with van der Waals surface area (Å²) in [5.74, 6) is -0.0418. The third-order valence-corrected chi connectivity index (χ3v) is 5.37. The first kappa shape index (κ1) is 19.3. The molecule has 0 spiro atoms. The van der Waals surface area contributed by atoms with Gasteiger partial charge in [0.05, 0.1) is 12.1 Å². The molecule has 5 heteroatoms. The SMILES string of the molecule is CCN(CC)Cc1cccc(NC(=O)Cc2csc(-c3ccccc3)n2)c1. The number of amides is 1. The van der Waals surface area contributed by atoms with Crippen molar-refractivity contribution < 1.29 is 4.79 Å². The van der Waals surface area contributed by atoms with Gasteiger partial charge in [0.2, 0.25) is 5.91 Å². The molecule has 0 bridgehead atoms. The standard InChI is InChI=1S/C22H25N3OS/c1-3-25(4-2)15-17-9-8-12-19(13-17)23-21(26)14-20-16-27-22(24-20)18-10-6-5-7-11-18/h5-13,16H,3-4,14-15H2,1-2H3,(H,23,26). The molecule has 3 aromatic rings. The Morgan fingerprint density at radius 3 is 2.59 bits per heavy atom. The molecule has 1 N–H and O–H groups in total. The largest absolute Gasteiger partial charge is 0.326 e. The van der Waals surface area contributed by atoms with Gasteiger partial charge in [0.15, 0.2) is 0 Å². The van der Waals surface area contributed by atoms with E-state index in [0.717, 1.165) is 41.6 Å². The molecule has 0 radical (unpaired) electrons. The van der Waals surface area contributed by atoms with Crippen LogP contribution in [0.15, 0.2) is 60.0 Å². The van der Waals surface area contributed by atoms with E-state index in [1.807, 2.05) is 53.9 Å². The van der Waals surface area contributed by atoms with E-state index in [1.165, 1.54) is 5.56 Å². The molecule has 1 amide bonds. The molecular formula is C22H25N3OS. The van der Waals surface area contributed by atoms with E-state index in [4.69, 9.17) is 0 Å². The third kappa shape index (κ3) is 5.49. The summed E-state index contributed by atoms with van der Waals surface area (Å²) in [5, 5.41) is 5.90. The second kappa shape index (κ2) is 9.44. The van der Waals surface area contributed by atoms with Gasteiger partial charge in [0.25, 0.3) is 0 Å². The molecule has 0 saturated heterocycles. The van der Waals surface area contributed by atoms with E-state index in [2.05, 4.69) is 35.1 Å². The smallest absolute Gasteiger partial charge is 0.230 e.